The van der Waals surface area contributed by atoms with Gasteiger partial charge in [0.2, 0.25) is 0 Å². The first-order chi connectivity index (χ1) is 8.96. The van der Waals surface area contributed by atoms with Crippen LogP contribution >= 0.6 is 30.8 Å². The first kappa shape index (κ1) is 20.2. The normalized spacial score (nSPS) is 14.7. The molecule has 0 aromatic carbocycles. The Morgan fingerprint density at radius 3 is 1.80 bits per heavy atom. The molecule has 5 nitrogen and oxygen atoms in total. The molecule has 1 unspecified atom stereocenters. The number of alkyl halides is 2. The van der Waals surface area contributed by atoms with Gasteiger partial charge < -0.3 is 13.8 Å². The molecular weight excluding hydrogens is 326 g/mol. The van der Waals surface area contributed by atoms with Crippen molar-refractivity contribution in [2.45, 2.75) is 70.3 Å². The van der Waals surface area contributed by atoms with Crippen LogP contribution < -0.4 is 0 Å². The van der Waals surface area contributed by atoms with Gasteiger partial charge in [0.25, 0.3) is 0 Å². The number of carbonyl (C=O) groups is 1. The van der Waals surface area contributed by atoms with Crippen molar-refractivity contribution in [2.75, 3.05) is 0 Å². The van der Waals surface area contributed by atoms with E-state index in [0.717, 1.165) is 0 Å². The number of carbonyl (C=O) groups excluding carboxylic acids is 1. The van der Waals surface area contributed by atoms with Crippen LogP contribution in [0.3, 0.4) is 0 Å². The molecule has 0 bridgehead atoms. The summed E-state index contributed by atoms with van der Waals surface area (Å²) < 4.78 is 25.8. The van der Waals surface area contributed by atoms with Gasteiger partial charge in [0.05, 0.1) is 18.3 Å². The van der Waals surface area contributed by atoms with Crippen LogP contribution in [-0.4, -0.2) is 28.4 Å². The SMILES string of the molecule is CCC(C)OC(=O)C(Cl)(Cl)P(=O)(OC(C)C)OC(C)C. The number of rotatable bonds is 8. The minimum atomic E-state index is -4.10. The summed E-state index contributed by atoms with van der Waals surface area (Å²) in [5.41, 5.74) is 0. The van der Waals surface area contributed by atoms with E-state index >= 15 is 0 Å². The summed E-state index contributed by atoms with van der Waals surface area (Å²) in [6, 6.07) is 0. The van der Waals surface area contributed by atoms with E-state index in [0.29, 0.717) is 6.42 Å². The van der Waals surface area contributed by atoms with Gasteiger partial charge in [-0.05, 0) is 41.0 Å². The van der Waals surface area contributed by atoms with Gasteiger partial charge in [-0.15, -0.1) is 0 Å². The Bertz CT molecular complexity index is 357. The summed E-state index contributed by atoms with van der Waals surface area (Å²) in [5, 5.41) is 0. The molecule has 0 aromatic heterocycles. The molecule has 0 amide bonds. The van der Waals surface area contributed by atoms with Crippen LogP contribution in [0, 0.1) is 0 Å². The summed E-state index contributed by atoms with van der Waals surface area (Å²) >= 11 is 11.9. The fraction of sp³-hybridized carbons (Fsp3) is 0.917. The summed E-state index contributed by atoms with van der Waals surface area (Å²) in [6.45, 7) is 10.1. The number of ether oxygens (including phenoxy) is 1. The van der Waals surface area contributed by atoms with E-state index in [1.165, 1.54) is 0 Å². The van der Waals surface area contributed by atoms with E-state index in [-0.39, 0.29) is 0 Å². The van der Waals surface area contributed by atoms with Gasteiger partial charge >= 0.3 is 17.6 Å². The highest BCUT2D eigenvalue weighted by atomic mass is 35.5. The van der Waals surface area contributed by atoms with Crippen molar-refractivity contribution in [1.82, 2.24) is 0 Å². The standard InChI is InChI=1S/C12H23Cl2O5P/c1-7-10(6)17-11(15)12(13,14)20(16,18-8(2)3)19-9(4)5/h8-10H,7H2,1-6H3. The molecule has 0 saturated carbocycles. The molecule has 0 heterocycles. The smallest absolute Gasteiger partial charge is 0.378 e. The molecule has 0 spiro atoms. The molecule has 0 rings (SSSR count). The van der Waals surface area contributed by atoms with Gasteiger partial charge in [0.15, 0.2) is 0 Å². The predicted molar refractivity (Wildman–Crippen MR) is 80.3 cm³/mol. The molecule has 0 aliphatic rings. The molecule has 0 fully saturated rings. The maximum atomic E-state index is 12.8. The van der Waals surface area contributed by atoms with E-state index in [1.54, 1.807) is 34.6 Å². The molecule has 120 valence electrons. The molecule has 0 aliphatic carbocycles. The molecule has 1 atom stereocenters. The van der Waals surface area contributed by atoms with Crippen LogP contribution in [0.4, 0.5) is 0 Å². The number of halogens is 2. The maximum Gasteiger partial charge on any atom is 0.378 e. The van der Waals surface area contributed by atoms with Crippen molar-refractivity contribution in [3.8, 4) is 0 Å². The largest absolute Gasteiger partial charge is 0.460 e. The highest BCUT2D eigenvalue weighted by Gasteiger charge is 2.57. The van der Waals surface area contributed by atoms with E-state index in [2.05, 4.69) is 0 Å². The third kappa shape index (κ3) is 5.53. The topological polar surface area (TPSA) is 61.8 Å². The first-order valence-electron chi connectivity index (χ1n) is 6.52. The van der Waals surface area contributed by atoms with Gasteiger partial charge in [0, 0.05) is 0 Å². The van der Waals surface area contributed by atoms with Crippen molar-refractivity contribution in [3.05, 3.63) is 0 Å². The zero-order valence-electron chi connectivity index (χ0n) is 12.7. The Labute approximate surface area is 130 Å². The van der Waals surface area contributed by atoms with Gasteiger partial charge in [-0.2, -0.15) is 0 Å². The molecular formula is C12H23Cl2O5P. The summed E-state index contributed by atoms with van der Waals surface area (Å²) in [5.74, 6) is -1.03. The second-order valence-electron chi connectivity index (χ2n) is 4.97. The minimum absolute atomic E-state index is 0.397. The summed E-state index contributed by atoms with van der Waals surface area (Å²) in [7, 11) is -4.10. The molecule has 0 N–H and O–H groups in total. The Kier molecular flexibility index (Phi) is 8.08. The lowest BCUT2D eigenvalue weighted by Crippen LogP contribution is -2.34. The second-order valence-corrected chi connectivity index (χ2v) is 8.91. The summed E-state index contributed by atoms with van der Waals surface area (Å²) in [6.07, 6.45) is -0.776. The average Bonchev–Trinajstić information content (AvgIpc) is 2.25. The van der Waals surface area contributed by atoms with E-state index in [1.807, 2.05) is 6.92 Å². The van der Waals surface area contributed by atoms with Crippen LogP contribution in [0.25, 0.3) is 0 Å². The van der Waals surface area contributed by atoms with Crippen LogP contribution in [0.5, 0.6) is 0 Å². The van der Waals surface area contributed by atoms with Gasteiger partial charge in [-0.1, -0.05) is 30.1 Å². The predicted octanol–water partition coefficient (Wildman–Crippen LogP) is 4.50. The molecule has 8 heteroatoms. The fourth-order valence-electron chi connectivity index (χ4n) is 1.16. The molecule has 0 saturated heterocycles. The Morgan fingerprint density at radius 1 is 1.10 bits per heavy atom. The monoisotopic (exact) mass is 348 g/mol. The summed E-state index contributed by atoms with van der Waals surface area (Å²) in [4.78, 5) is 12.0. The molecule has 0 radical (unpaired) electrons. The lowest BCUT2D eigenvalue weighted by Gasteiger charge is -2.30. The van der Waals surface area contributed by atoms with Crippen molar-refractivity contribution < 1.29 is 23.1 Å². The van der Waals surface area contributed by atoms with Crippen LogP contribution in [-0.2, 0) is 23.1 Å². The van der Waals surface area contributed by atoms with Crippen LogP contribution in [0.2, 0.25) is 0 Å². The number of esters is 1. The van der Waals surface area contributed by atoms with Crippen LogP contribution in [0.15, 0.2) is 0 Å². The lowest BCUT2D eigenvalue weighted by atomic mass is 10.3. The second kappa shape index (κ2) is 8.00. The van der Waals surface area contributed by atoms with E-state index in [4.69, 9.17) is 37.0 Å². The van der Waals surface area contributed by atoms with Gasteiger partial charge in [0.1, 0.15) is 0 Å². The first-order valence-corrected chi connectivity index (χ1v) is 8.82. The minimum Gasteiger partial charge on any atom is -0.460 e. The zero-order valence-corrected chi connectivity index (χ0v) is 15.1. The number of hydrogen-bond donors (Lipinski definition) is 0. The third-order valence-corrected chi connectivity index (χ3v) is 5.99. The highest BCUT2D eigenvalue weighted by molar-refractivity contribution is 7.61. The lowest BCUT2D eigenvalue weighted by molar-refractivity contribution is -0.147. The Balaban J connectivity index is 5.31. The Hall–Kier alpha value is 0.200. The van der Waals surface area contributed by atoms with E-state index < -0.39 is 36.0 Å². The van der Waals surface area contributed by atoms with Gasteiger partial charge in [-0.25, -0.2) is 4.79 Å². The maximum absolute atomic E-state index is 12.8. The molecule has 0 aromatic rings. The average molecular weight is 349 g/mol. The Morgan fingerprint density at radius 2 is 1.50 bits per heavy atom. The van der Waals surface area contributed by atoms with Crippen LogP contribution in [0.1, 0.15) is 48.0 Å². The zero-order chi connectivity index (χ0) is 16.1. The highest BCUT2D eigenvalue weighted by Crippen LogP contribution is 2.66. The molecule has 20 heavy (non-hydrogen) atoms. The molecule has 0 aliphatic heterocycles. The van der Waals surface area contributed by atoms with Gasteiger partial charge in [-0.3, -0.25) is 4.57 Å². The number of hydrogen-bond acceptors (Lipinski definition) is 5. The van der Waals surface area contributed by atoms with Crippen molar-refractivity contribution in [1.29, 1.82) is 0 Å². The third-order valence-electron chi connectivity index (χ3n) is 2.17. The quantitative estimate of drug-likeness (QED) is 0.367. The fourth-order valence-corrected chi connectivity index (χ4v) is 3.43. The van der Waals surface area contributed by atoms with Crippen molar-refractivity contribution in [2.24, 2.45) is 0 Å². The van der Waals surface area contributed by atoms with Crippen molar-refractivity contribution >= 4 is 36.8 Å². The van der Waals surface area contributed by atoms with E-state index in [9.17, 15) is 9.36 Å². The van der Waals surface area contributed by atoms with Crippen molar-refractivity contribution in [3.63, 3.8) is 0 Å².